The lowest BCUT2D eigenvalue weighted by atomic mass is 10.2. The van der Waals surface area contributed by atoms with E-state index in [0.29, 0.717) is 11.1 Å². The third kappa shape index (κ3) is 2.55. The predicted molar refractivity (Wildman–Crippen MR) is 83.8 cm³/mol. The Balaban J connectivity index is 1.81. The topological polar surface area (TPSA) is 68.3 Å². The Morgan fingerprint density at radius 3 is 2.86 bits per heavy atom. The number of carbonyl (C=O) groups excluding carboxylic acids is 1. The van der Waals surface area contributed by atoms with Crippen LogP contribution in [0.25, 0.3) is 10.1 Å². The van der Waals surface area contributed by atoms with Crippen LogP contribution in [0.2, 0.25) is 0 Å². The van der Waals surface area contributed by atoms with Crippen molar-refractivity contribution in [2.24, 2.45) is 0 Å². The van der Waals surface area contributed by atoms with Gasteiger partial charge in [-0.3, -0.25) is 13.5 Å². The van der Waals surface area contributed by atoms with E-state index < -0.39 is 0 Å². The third-order valence-electron chi connectivity index (χ3n) is 3.69. The average Bonchev–Trinajstić information content (AvgIpc) is 3.15. The minimum absolute atomic E-state index is 0.0247. The number of benzene rings is 1. The fourth-order valence-electron chi connectivity index (χ4n) is 2.21. The molecule has 1 aromatic carbocycles. The molecular formula is C15H15N3O3S. The Morgan fingerprint density at radius 2 is 2.18 bits per heavy atom. The third-order valence-corrected chi connectivity index (χ3v) is 4.76. The maximum absolute atomic E-state index is 12.4. The summed E-state index contributed by atoms with van der Waals surface area (Å²) in [5.41, 5.74) is 0.552. The molecule has 1 unspecified atom stereocenters. The van der Waals surface area contributed by atoms with E-state index in [1.807, 2.05) is 25.1 Å². The molecule has 3 rings (SSSR count). The van der Waals surface area contributed by atoms with Gasteiger partial charge in [-0.25, -0.2) is 0 Å². The molecule has 7 heteroatoms. The lowest BCUT2D eigenvalue weighted by Crippen LogP contribution is -2.34. The van der Waals surface area contributed by atoms with Crippen LogP contribution in [0.1, 0.15) is 18.7 Å². The van der Waals surface area contributed by atoms with E-state index in [4.69, 9.17) is 4.52 Å². The summed E-state index contributed by atoms with van der Waals surface area (Å²) in [5, 5.41) is 4.49. The van der Waals surface area contributed by atoms with Gasteiger partial charge in [0, 0.05) is 13.1 Å². The van der Waals surface area contributed by atoms with Crippen LogP contribution in [0, 0.1) is 0 Å². The van der Waals surface area contributed by atoms with Crippen LogP contribution in [-0.2, 0) is 11.3 Å². The minimum atomic E-state index is -0.212. The first-order chi connectivity index (χ1) is 10.6. The Morgan fingerprint density at radius 1 is 1.41 bits per heavy atom. The van der Waals surface area contributed by atoms with Crippen molar-refractivity contribution in [3.8, 4) is 0 Å². The highest BCUT2D eigenvalue weighted by Crippen LogP contribution is 2.19. The largest absolute Gasteiger partial charge is 0.364 e. The molecule has 1 atom stereocenters. The van der Waals surface area contributed by atoms with Gasteiger partial charge in [-0.2, -0.15) is 0 Å². The first-order valence-corrected chi connectivity index (χ1v) is 7.60. The molecule has 2 aromatic heterocycles. The van der Waals surface area contributed by atoms with Crippen molar-refractivity contribution in [2.75, 3.05) is 7.05 Å². The molecule has 0 aliphatic carbocycles. The highest BCUT2D eigenvalue weighted by molar-refractivity contribution is 7.13. The van der Waals surface area contributed by atoms with E-state index in [1.165, 1.54) is 21.8 Å². The Bertz CT molecular complexity index is 850. The fraction of sp³-hybridized carbons (Fsp3) is 0.267. The quantitative estimate of drug-likeness (QED) is 0.740. The molecule has 0 spiro atoms. The number of fused-ring (bicyclic) bond motifs is 1. The Kier molecular flexibility index (Phi) is 3.81. The lowest BCUT2D eigenvalue weighted by molar-refractivity contribution is -0.132. The van der Waals surface area contributed by atoms with Crippen LogP contribution < -0.4 is 5.56 Å². The van der Waals surface area contributed by atoms with Gasteiger partial charge in [-0.1, -0.05) is 28.8 Å². The van der Waals surface area contributed by atoms with Gasteiger partial charge in [-0.05, 0) is 19.1 Å². The number of rotatable bonds is 4. The Hall–Kier alpha value is -2.41. The monoisotopic (exact) mass is 317 g/mol. The van der Waals surface area contributed by atoms with Gasteiger partial charge >= 0.3 is 0 Å². The van der Waals surface area contributed by atoms with Gasteiger partial charge < -0.3 is 9.42 Å². The molecule has 1 amide bonds. The van der Waals surface area contributed by atoms with E-state index >= 15 is 0 Å². The number of carbonyl (C=O) groups is 1. The van der Waals surface area contributed by atoms with E-state index in [-0.39, 0.29) is 24.1 Å². The molecule has 0 radical (unpaired) electrons. The van der Waals surface area contributed by atoms with Crippen LogP contribution in [0.3, 0.4) is 0 Å². The van der Waals surface area contributed by atoms with E-state index in [2.05, 4.69) is 5.16 Å². The summed E-state index contributed by atoms with van der Waals surface area (Å²) in [7, 11) is 1.69. The molecule has 0 bridgehead atoms. The predicted octanol–water partition coefficient (Wildman–Crippen LogP) is 2.27. The molecular weight excluding hydrogens is 302 g/mol. The second-order valence-electron chi connectivity index (χ2n) is 5.03. The van der Waals surface area contributed by atoms with Crippen LogP contribution in [0.5, 0.6) is 0 Å². The van der Waals surface area contributed by atoms with E-state index in [1.54, 1.807) is 24.1 Å². The summed E-state index contributed by atoms with van der Waals surface area (Å²) in [5.74, 6) is -0.149. The smallest absolute Gasteiger partial charge is 0.268 e. The van der Waals surface area contributed by atoms with E-state index in [0.717, 1.165) is 4.70 Å². The van der Waals surface area contributed by atoms with E-state index in [9.17, 15) is 9.59 Å². The van der Waals surface area contributed by atoms with Crippen molar-refractivity contribution in [1.29, 1.82) is 0 Å². The van der Waals surface area contributed by atoms with Crippen molar-refractivity contribution < 1.29 is 9.32 Å². The van der Waals surface area contributed by atoms with Crippen LogP contribution in [0.4, 0.5) is 0 Å². The van der Waals surface area contributed by atoms with Gasteiger partial charge in [0.25, 0.3) is 5.56 Å². The number of nitrogens with zero attached hydrogens (tertiary/aromatic N) is 3. The molecule has 2 heterocycles. The summed E-state index contributed by atoms with van der Waals surface area (Å²) in [6, 6.07) is 8.86. The van der Waals surface area contributed by atoms with Crippen LogP contribution >= 0.6 is 11.5 Å². The molecule has 0 saturated heterocycles. The molecule has 114 valence electrons. The summed E-state index contributed by atoms with van der Waals surface area (Å²) in [6.45, 7) is 1.89. The first-order valence-electron chi connectivity index (χ1n) is 6.82. The second-order valence-corrected chi connectivity index (χ2v) is 6.10. The van der Waals surface area contributed by atoms with Gasteiger partial charge in [0.1, 0.15) is 18.5 Å². The van der Waals surface area contributed by atoms with Crippen LogP contribution in [0.15, 0.2) is 45.9 Å². The lowest BCUT2D eigenvalue weighted by Gasteiger charge is -2.22. The summed E-state index contributed by atoms with van der Waals surface area (Å²) in [6.07, 6.45) is 1.47. The summed E-state index contributed by atoms with van der Waals surface area (Å²) >= 11 is 1.30. The maximum atomic E-state index is 12.4. The molecule has 0 fully saturated rings. The SMILES string of the molecule is CC(c1ccon1)N(C)C(=O)Cn1sc2ccccc2c1=O. The minimum Gasteiger partial charge on any atom is -0.364 e. The number of hydrogen-bond acceptors (Lipinski definition) is 5. The van der Waals surface area contributed by atoms with Gasteiger partial charge in [0.2, 0.25) is 5.91 Å². The normalized spacial score (nSPS) is 12.5. The van der Waals surface area contributed by atoms with Crippen LogP contribution in [-0.4, -0.2) is 27.0 Å². The summed E-state index contributed by atoms with van der Waals surface area (Å²) < 4.78 is 7.17. The summed E-state index contributed by atoms with van der Waals surface area (Å²) in [4.78, 5) is 26.2. The van der Waals surface area contributed by atoms with Gasteiger partial charge in [0.15, 0.2) is 0 Å². The van der Waals surface area contributed by atoms with Crippen molar-refractivity contribution in [1.82, 2.24) is 14.0 Å². The van der Waals surface area contributed by atoms with Crippen molar-refractivity contribution in [3.63, 3.8) is 0 Å². The van der Waals surface area contributed by atoms with Crippen molar-refractivity contribution in [2.45, 2.75) is 19.5 Å². The standard InChI is InChI=1S/C15H15N3O3S/c1-10(12-7-8-21-16-12)17(2)14(19)9-18-15(20)11-5-3-4-6-13(11)22-18/h3-8,10H,9H2,1-2H3. The fourth-order valence-corrected chi connectivity index (χ4v) is 3.19. The zero-order chi connectivity index (χ0) is 15.7. The molecule has 0 N–H and O–H groups in total. The molecule has 3 aromatic rings. The highest BCUT2D eigenvalue weighted by Gasteiger charge is 2.21. The zero-order valence-electron chi connectivity index (χ0n) is 12.2. The first kappa shape index (κ1) is 14.5. The molecule has 0 saturated carbocycles. The number of likely N-dealkylation sites (N-methyl/N-ethyl adjacent to an activating group) is 1. The Labute approximate surface area is 130 Å². The van der Waals surface area contributed by atoms with Gasteiger partial charge in [-0.15, -0.1) is 0 Å². The molecule has 22 heavy (non-hydrogen) atoms. The number of amides is 1. The van der Waals surface area contributed by atoms with Crippen molar-refractivity contribution >= 4 is 27.5 Å². The molecule has 6 nitrogen and oxygen atoms in total. The van der Waals surface area contributed by atoms with Crippen molar-refractivity contribution in [3.05, 3.63) is 52.6 Å². The highest BCUT2D eigenvalue weighted by atomic mass is 32.1. The average molecular weight is 317 g/mol. The molecule has 0 aliphatic rings. The maximum Gasteiger partial charge on any atom is 0.268 e. The number of hydrogen-bond donors (Lipinski definition) is 0. The second kappa shape index (κ2) is 5.76. The zero-order valence-corrected chi connectivity index (χ0v) is 13.0. The number of aromatic nitrogens is 2. The van der Waals surface area contributed by atoms with Gasteiger partial charge in [0.05, 0.1) is 16.1 Å². The molecule has 0 aliphatic heterocycles.